The molecule has 0 fully saturated rings. The normalized spacial score (nSPS) is 13.0. The lowest BCUT2D eigenvalue weighted by molar-refractivity contribution is -0.137. The van der Waals surface area contributed by atoms with Gasteiger partial charge in [0, 0.05) is 12.6 Å². The van der Waals surface area contributed by atoms with Gasteiger partial charge in [0.2, 0.25) is 0 Å². The van der Waals surface area contributed by atoms with Crippen molar-refractivity contribution < 1.29 is 18.8 Å². The average Bonchev–Trinajstić information content (AvgIpc) is 2.92. The van der Waals surface area contributed by atoms with Crippen LogP contribution in [0.3, 0.4) is 0 Å². The summed E-state index contributed by atoms with van der Waals surface area (Å²) in [6.45, 7) is 9.83. The molecule has 38 heavy (non-hydrogen) atoms. The van der Waals surface area contributed by atoms with E-state index in [-0.39, 0.29) is 17.6 Å². The van der Waals surface area contributed by atoms with Crippen LogP contribution in [-0.4, -0.2) is 51.3 Å². The number of carbonyl (C=O) groups is 2. The highest BCUT2D eigenvalue weighted by atomic mass is 28.4. The number of ether oxygens (including phenoxy) is 1. The van der Waals surface area contributed by atoms with Crippen LogP contribution in [0.1, 0.15) is 33.3 Å². The fourth-order valence-corrected chi connectivity index (χ4v) is 9.44. The van der Waals surface area contributed by atoms with Gasteiger partial charge in [-0.2, -0.15) is 0 Å². The number of esters is 1. The van der Waals surface area contributed by atoms with Gasteiger partial charge in [-0.3, -0.25) is 4.90 Å². The standard InChI is InChI=1S/C32H39NO4Si/c1-5-36-31(35)22-21-28(33(23-24-34)25-27-15-9-6-10-16-27)26-37-38(32(2,3)4,29-17-11-7-12-18-29)30-19-13-8-14-20-30/h6-22,24,28H,5,23,25-26H2,1-4H3/b22-21+/t28-/m0/s1. The molecule has 3 aromatic rings. The molecular weight excluding hydrogens is 490 g/mol. The van der Waals surface area contributed by atoms with Gasteiger partial charge in [0.1, 0.15) is 6.29 Å². The Kier molecular flexibility index (Phi) is 10.8. The molecule has 0 aliphatic heterocycles. The molecule has 1 atom stereocenters. The first-order valence-corrected chi connectivity index (χ1v) is 15.0. The van der Waals surface area contributed by atoms with Crippen LogP contribution in [0.4, 0.5) is 0 Å². The summed E-state index contributed by atoms with van der Waals surface area (Å²) in [4.78, 5) is 26.1. The molecule has 0 bridgehead atoms. The van der Waals surface area contributed by atoms with Gasteiger partial charge in [-0.25, -0.2) is 4.79 Å². The molecule has 0 heterocycles. The maximum atomic E-state index is 12.3. The SMILES string of the molecule is CCOC(=O)/C=C/[C@@H](CO[Si](c1ccccc1)(c1ccccc1)C(C)(C)C)N(CC=O)Cc1ccccc1. The molecule has 0 aliphatic rings. The lowest BCUT2D eigenvalue weighted by atomic mass is 10.1. The second kappa shape index (κ2) is 14.0. The van der Waals surface area contributed by atoms with Crippen LogP contribution in [-0.2, 0) is 25.3 Å². The molecule has 3 aromatic carbocycles. The molecule has 0 aliphatic carbocycles. The molecule has 0 saturated carbocycles. The molecule has 5 nitrogen and oxygen atoms in total. The van der Waals surface area contributed by atoms with Crippen molar-refractivity contribution in [1.29, 1.82) is 0 Å². The summed E-state index contributed by atoms with van der Waals surface area (Å²) < 4.78 is 12.3. The van der Waals surface area contributed by atoms with Crippen molar-refractivity contribution in [3.63, 3.8) is 0 Å². The molecule has 0 saturated heterocycles. The number of rotatable bonds is 13. The Morgan fingerprint density at radius 3 is 1.89 bits per heavy atom. The number of carbonyl (C=O) groups excluding carboxylic acids is 2. The maximum absolute atomic E-state index is 12.3. The van der Waals surface area contributed by atoms with E-state index >= 15 is 0 Å². The van der Waals surface area contributed by atoms with E-state index in [2.05, 4.69) is 69.3 Å². The van der Waals surface area contributed by atoms with Gasteiger partial charge in [-0.15, -0.1) is 0 Å². The highest BCUT2D eigenvalue weighted by molar-refractivity contribution is 6.99. The topological polar surface area (TPSA) is 55.8 Å². The third-order valence-electron chi connectivity index (χ3n) is 6.64. The Bertz CT molecular complexity index is 1120. The number of hydrogen-bond donors (Lipinski definition) is 0. The molecule has 3 rings (SSSR count). The van der Waals surface area contributed by atoms with Crippen molar-refractivity contribution >= 4 is 30.9 Å². The molecule has 0 spiro atoms. The van der Waals surface area contributed by atoms with E-state index in [4.69, 9.17) is 9.16 Å². The first-order chi connectivity index (χ1) is 18.3. The number of hydrogen-bond acceptors (Lipinski definition) is 5. The van der Waals surface area contributed by atoms with E-state index in [0.717, 1.165) is 11.8 Å². The van der Waals surface area contributed by atoms with Gasteiger partial charge in [-0.1, -0.05) is 118 Å². The summed E-state index contributed by atoms with van der Waals surface area (Å²) in [5.74, 6) is -0.409. The van der Waals surface area contributed by atoms with E-state index in [1.54, 1.807) is 6.92 Å². The van der Waals surface area contributed by atoms with Crippen LogP contribution < -0.4 is 10.4 Å². The lowest BCUT2D eigenvalue weighted by Gasteiger charge is -2.44. The molecule has 0 radical (unpaired) electrons. The molecular formula is C32H39NO4Si. The summed E-state index contributed by atoms with van der Waals surface area (Å²) in [6.07, 6.45) is 4.16. The molecule has 0 unspecified atom stereocenters. The van der Waals surface area contributed by atoms with Gasteiger partial charge < -0.3 is 14.0 Å². The summed E-state index contributed by atoms with van der Waals surface area (Å²) in [5, 5.41) is 2.16. The number of benzene rings is 3. The van der Waals surface area contributed by atoms with Gasteiger partial charge in [0.15, 0.2) is 0 Å². The van der Waals surface area contributed by atoms with Gasteiger partial charge >= 0.3 is 5.97 Å². The van der Waals surface area contributed by atoms with Crippen molar-refractivity contribution in [3.8, 4) is 0 Å². The monoisotopic (exact) mass is 529 g/mol. The van der Waals surface area contributed by atoms with E-state index in [0.29, 0.717) is 19.8 Å². The van der Waals surface area contributed by atoms with Crippen molar-refractivity contribution in [2.75, 3.05) is 19.8 Å². The highest BCUT2D eigenvalue weighted by Gasteiger charge is 2.50. The Labute approximate surface area is 228 Å². The Morgan fingerprint density at radius 1 is 0.895 bits per heavy atom. The van der Waals surface area contributed by atoms with Crippen LogP contribution in [0, 0.1) is 0 Å². The van der Waals surface area contributed by atoms with E-state index < -0.39 is 14.3 Å². The van der Waals surface area contributed by atoms with Crippen LogP contribution in [0.5, 0.6) is 0 Å². The third kappa shape index (κ3) is 7.38. The Hall–Kier alpha value is -3.32. The first kappa shape index (κ1) is 29.2. The number of nitrogens with zero attached hydrogens (tertiary/aromatic N) is 1. The summed E-state index contributed by atoms with van der Waals surface area (Å²) in [6, 6.07) is 30.6. The summed E-state index contributed by atoms with van der Waals surface area (Å²) >= 11 is 0. The lowest BCUT2D eigenvalue weighted by Crippen LogP contribution is -2.67. The second-order valence-electron chi connectivity index (χ2n) is 10.2. The largest absolute Gasteiger partial charge is 0.463 e. The Morgan fingerprint density at radius 2 is 1.42 bits per heavy atom. The zero-order chi connectivity index (χ0) is 27.4. The molecule has 0 N–H and O–H groups in total. The summed E-state index contributed by atoms with van der Waals surface area (Å²) in [5.41, 5.74) is 1.08. The first-order valence-electron chi connectivity index (χ1n) is 13.1. The van der Waals surface area contributed by atoms with Gasteiger partial charge in [-0.05, 0) is 27.9 Å². The fraction of sp³-hybridized carbons (Fsp3) is 0.312. The third-order valence-corrected chi connectivity index (χ3v) is 11.6. The zero-order valence-corrected chi connectivity index (χ0v) is 23.9. The van der Waals surface area contributed by atoms with Crippen LogP contribution in [0.25, 0.3) is 0 Å². The fourth-order valence-electron chi connectivity index (χ4n) is 4.87. The minimum Gasteiger partial charge on any atom is -0.463 e. The smallest absolute Gasteiger partial charge is 0.330 e. The van der Waals surface area contributed by atoms with Crippen molar-refractivity contribution in [2.45, 2.75) is 45.3 Å². The van der Waals surface area contributed by atoms with Gasteiger partial charge in [0.25, 0.3) is 8.32 Å². The maximum Gasteiger partial charge on any atom is 0.330 e. The predicted molar refractivity (Wildman–Crippen MR) is 156 cm³/mol. The van der Waals surface area contributed by atoms with E-state index in [1.807, 2.05) is 53.4 Å². The number of aldehydes is 1. The highest BCUT2D eigenvalue weighted by Crippen LogP contribution is 2.37. The molecule has 0 aromatic heterocycles. The van der Waals surface area contributed by atoms with Gasteiger partial charge in [0.05, 0.1) is 25.8 Å². The molecule has 0 amide bonds. The van der Waals surface area contributed by atoms with Crippen LogP contribution in [0.2, 0.25) is 5.04 Å². The van der Waals surface area contributed by atoms with Crippen molar-refractivity contribution in [3.05, 3.63) is 109 Å². The van der Waals surface area contributed by atoms with Crippen molar-refractivity contribution in [2.24, 2.45) is 0 Å². The Balaban J connectivity index is 2.05. The quantitative estimate of drug-likeness (QED) is 0.138. The van der Waals surface area contributed by atoms with Crippen LogP contribution in [0.15, 0.2) is 103 Å². The van der Waals surface area contributed by atoms with Crippen molar-refractivity contribution in [1.82, 2.24) is 4.90 Å². The van der Waals surface area contributed by atoms with E-state index in [9.17, 15) is 9.59 Å². The van der Waals surface area contributed by atoms with Crippen LogP contribution >= 0.6 is 0 Å². The summed E-state index contributed by atoms with van der Waals surface area (Å²) in [7, 11) is -2.81. The van der Waals surface area contributed by atoms with E-state index in [1.165, 1.54) is 16.4 Å². The zero-order valence-electron chi connectivity index (χ0n) is 22.9. The minimum absolute atomic E-state index is 0.194. The second-order valence-corrected chi connectivity index (χ2v) is 14.5. The molecule has 200 valence electrons. The predicted octanol–water partition coefficient (Wildman–Crippen LogP) is 4.75. The molecule has 6 heteroatoms. The average molecular weight is 530 g/mol. The minimum atomic E-state index is -2.81.